The van der Waals surface area contributed by atoms with Crippen molar-refractivity contribution in [3.05, 3.63) is 0 Å². The summed E-state index contributed by atoms with van der Waals surface area (Å²) in [5.41, 5.74) is 5.23. The summed E-state index contributed by atoms with van der Waals surface area (Å²) in [7, 11) is 0. The molecule has 23 heavy (non-hydrogen) atoms. The number of nitrogens with one attached hydrogen (secondary N) is 1. The summed E-state index contributed by atoms with van der Waals surface area (Å²) in [5.74, 6) is -0.0361. The van der Waals surface area contributed by atoms with E-state index in [0.29, 0.717) is 0 Å². The third-order valence-electron chi connectivity index (χ3n) is 4.54. The normalized spacial score (nSPS) is 10.9. The van der Waals surface area contributed by atoms with E-state index in [1.807, 2.05) is 0 Å². The quantitative estimate of drug-likeness (QED) is 0.335. The Morgan fingerprint density at radius 1 is 0.652 bits per heavy atom. The van der Waals surface area contributed by atoms with E-state index in [1.165, 1.54) is 96.3 Å². The zero-order valence-corrected chi connectivity index (χ0v) is 15.7. The van der Waals surface area contributed by atoms with Gasteiger partial charge < -0.3 is 11.1 Å². The molecule has 3 N–H and O–H groups in total. The van der Waals surface area contributed by atoms with E-state index in [-0.39, 0.29) is 12.5 Å². The largest absolute Gasteiger partial charge is 0.355 e. The number of carbonyl (C=O) groups is 1. The van der Waals surface area contributed by atoms with Crippen molar-refractivity contribution in [2.45, 2.75) is 110 Å². The molecule has 0 rings (SSSR count). The SMILES string of the molecule is CCCCCCCCCCCCCCCCCCNC(=O)CN. The van der Waals surface area contributed by atoms with Crippen LogP contribution in [0.4, 0.5) is 0 Å². The third kappa shape index (κ3) is 19.4. The molecule has 0 bridgehead atoms. The van der Waals surface area contributed by atoms with Crippen LogP contribution < -0.4 is 11.1 Å². The van der Waals surface area contributed by atoms with Crippen LogP contribution in [0.15, 0.2) is 0 Å². The average molecular weight is 327 g/mol. The predicted octanol–water partition coefficient (Wildman–Crippen LogP) is 5.32. The van der Waals surface area contributed by atoms with E-state index in [1.54, 1.807) is 0 Å². The molecule has 138 valence electrons. The van der Waals surface area contributed by atoms with Gasteiger partial charge in [-0.15, -0.1) is 0 Å². The van der Waals surface area contributed by atoms with E-state index in [4.69, 9.17) is 5.73 Å². The van der Waals surface area contributed by atoms with Crippen LogP contribution in [-0.4, -0.2) is 19.0 Å². The van der Waals surface area contributed by atoms with Gasteiger partial charge in [0.25, 0.3) is 0 Å². The van der Waals surface area contributed by atoms with E-state index >= 15 is 0 Å². The highest BCUT2D eigenvalue weighted by atomic mass is 16.1. The molecule has 0 radical (unpaired) electrons. The number of amides is 1. The Kier molecular flexibility index (Phi) is 19.0. The van der Waals surface area contributed by atoms with Gasteiger partial charge in [-0.25, -0.2) is 0 Å². The first-order valence-electron chi connectivity index (χ1n) is 10.3. The van der Waals surface area contributed by atoms with E-state index < -0.39 is 0 Å². The van der Waals surface area contributed by atoms with Gasteiger partial charge in [-0.05, 0) is 6.42 Å². The molecule has 0 spiro atoms. The van der Waals surface area contributed by atoms with Crippen LogP contribution in [0.25, 0.3) is 0 Å². The maximum atomic E-state index is 10.9. The summed E-state index contributed by atoms with van der Waals surface area (Å²) in [6.07, 6.45) is 22.0. The summed E-state index contributed by atoms with van der Waals surface area (Å²) in [6, 6.07) is 0. The van der Waals surface area contributed by atoms with Crippen molar-refractivity contribution in [1.29, 1.82) is 0 Å². The Labute approximate surface area is 145 Å². The molecule has 1 amide bonds. The van der Waals surface area contributed by atoms with Crippen molar-refractivity contribution in [1.82, 2.24) is 5.32 Å². The summed E-state index contributed by atoms with van der Waals surface area (Å²) < 4.78 is 0. The first kappa shape index (κ1) is 22.4. The first-order chi connectivity index (χ1) is 11.3. The smallest absolute Gasteiger partial charge is 0.233 e. The lowest BCUT2D eigenvalue weighted by atomic mass is 10.0. The first-order valence-corrected chi connectivity index (χ1v) is 10.3. The topological polar surface area (TPSA) is 55.1 Å². The fourth-order valence-electron chi connectivity index (χ4n) is 2.97. The number of carbonyl (C=O) groups excluding carboxylic acids is 1. The van der Waals surface area contributed by atoms with Crippen molar-refractivity contribution in [2.24, 2.45) is 5.73 Å². The molecule has 0 saturated carbocycles. The van der Waals surface area contributed by atoms with Gasteiger partial charge in [0, 0.05) is 6.54 Å². The minimum atomic E-state index is -0.0361. The Morgan fingerprint density at radius 2 is 1.00 bits per heavy atom. The minimum Gasteiger partial charge on any atom is -0.355 e. The Hall–Kier alpha value is -0.570. The Morgan fingerprint density at radius 3 is 1.35 bits per heavy atom. The molecule has 3 nitrogen and oxygen atoms in total. The number of rotatable bonds is 18. The zero-order chi connectivity index (χ0) is 17.0. The molecule has 3 heteroatoms. The van der Waals surface area contributed by atoms with Gasteiger partial charge in [-0.1, -0.05) is 103 Å². The second-order valence-electron chi connectivity index (χ2n) is 6.86. The molecular weight excluding hydrogens is 284 g/mol. The molecular formula is C20H42N2O. The molecule has 0 heterocycles. The van der Waals surface area contributed by atoms with Gasteiger partial charge >= 0.3 is 0 Å². The molecule has 0 aromatic rings. The number of hydrogen-bond donors (Lipinski definition) is 2. The van der Waals surface area contributed by atoms with E-state index in [2.05, 4.69) is 12.2 Å². The van der Waals surface area contributed by atoms with Crippen molar-refractivity contribution in [3.8, 4) is 0 Å². The minimum absolute atomic E-state index is 0.0361. The highest BCUT2D eigenvalue weighted by Gasteiger charge is 1.96. The van der Waals surface area contributed by atoms with Crippen molar-refractivity contribution < 1.29 is 4.79 Å². The van der Waals surface area contributed by atoms with Crippen LogP contribution in [0.1, 0.15) is 110 Å². The maximum Gasteiger partial charge on any atom is 0.233 e. The maximum absolute atomic E-state index is 10.9. The average Bonchev–Trinajstić information content (AvgIpc) is 2.57. The van der Waals surface area contributed by atoms with Crippen molar-refractivity contribution >= 4 is 5.91 Å². The molecule has 0 aromatic heterocycles. The van der Waals surface area contributed by atoms with E-state index in [9.17, 15) is 4.79 Å². The monoisotopic (exact) mass is 326 g/mol. The number of nitrogens with two attached hydrogens (primary N) is 1. The van der Waals surface area contributed by atoms with Crippen LogP contribution in [0, 0.1) is 0 Å². The summed E-state index contributed by atoms with van der Waals surface area (Å²) in [4.78, 5) is 10.9. The highest BCUT2D eigenvalue weighted by Crippen LogP contribution is 2.13. The van der Waals surface area contributed by atoms with Gasteiger partial charge in [0.2, 0.25) is 5.91 Å². The van der Waals surface area contributed by atoms with E-state index in [0.717, 1.165) is 13.0 Å². The summed E-state index contributed by atoms with van der Waals surface area (Å²) in [6.45, 7) is 3.18. The Bertz CT molecular complexity index is 244. The van der Waals surface area contributed by atoms with Gasteiger partial charge in [0.05, 0.1) is 6.54 Å². The summed E-state index contributed by atoms with van der Waals surface area (Å²) >= 11 is 0. The van der Waals surface area contributed by atoms with Gasteiger partial charge in [-0.2, -0.15) is 0 Å². The Balaban J connectivity index is 2.99. The number of unbranched alkanes of at least 4 members (excludes halogenated alkanes) is 15. The van der Waals surface area contributed by atoms with Crippen LogP contribution >= 0.6 is 0 Å². The van der Waals surface area contributed by atoms with Gasteiger partial charge in [0.15, 0.2) is 0 Å². The third-order valence-corrected chi connectivity index (χ3v) is 4.54. The van der Waals surface area contributed by atoms with Crippen LogP contribution in [0.3, 0.4) is 0 Å². The number of hydrogen-bond acceptors (Lipinski definition) is 2. The van der Waals surface area contributed by atoms with Crippen LogP contribution in [-0.2, 0) is 4.79 Å². The second-order valence-corrected chi connectivity index (χ2v) is 6.86. The molecule has 0 unspecified atom stereocenters. The lowest BCUT2D eigenvalue weighted by Gasteiger charge is -2.04. The molecule has 0 aliphatic carbocycles. The molecule has 0 aliphatic rings. The highest BCUT2D eigenvalue weighted by molar-refractivity contribution is 5.77. The standard InChI is InChI=1S/C20H42N2O/c1-2-3-4-5-6-7-8-9-10-11-12-13-14-15-16-17-18-22-20(23)19-21/h2-19,21H2,1H3,(H,22,23). The lowest BCUT2D eigenvalue weighted by molar-refractivity contribution is -0.119. The predicted molar refractivity (Wildman–Crippen MR) is 102 cm³/mol. The van der Waals surface area contributed by atoms with Crippen LogP contribution in [0.2, 0.25) is 0 Å². The fraction of sp³-hybridized carbons (Fsp3) is 0.950. The van der Waals surface area contributed by atoms with Gasteiger partial charge in [0.1, 0.15) is 0 Å². The molecule has 0 fully saturated rings. The second kappa shape index (κ2) is 19.5. The molecule has 0 atom stereocenters. The molecule has 0 aromatic carbocycles. The van der Waals surface area contributed by atoms with Gasteiger partial charge in [-0.3, -0.25) is 4.79 Å². The zero-order valence-electron chi connectivity index (χ0n) is 15.7. The fourth-order valence-corrected chi connectivity index (χ4v) is 2.97. The lowest BCUT2D eigenvalue weighted by Crippen LogP contribution is -2.30. The van der Waals surface area contributed by atoms with Crippen molar-refractivity contribution in [3.63, 3.8) is 0 Å². The summed E-state index contributed by atoms with van der Waals surface area (Å²) in [5, 5.41) is 2.82. The molecule has 0 saturated heterocycles. The van der Waals surface area contributed by atoms with Crippen LogP contribution in [0.5, 0.6) is 0 Å². The van der Waals surface area contributed by atoms with Crippen molar-refractivity contribution in [2.75, 3.05) is 13.1 Å². The molecule has 0 aliphatic heterocycles.